The van der Waals surface area contributed by atoms with Gasteiger partial charge < -0.3 is 10.2 Å². The second kappa shape index (κ2) is 3.33. The number of carbonyl (C=O) groups excluding carboxylic acids is 1. The van der Waals surface area contributed by atoms with Gasteiger partial charge in [-0.1, -0.05) is 16.9 Å². The van der Waals surface area contributed by atoms with E-state index in [2.05, 4.69) is 28.6 Å². The van der Waals surface area contributed by atoms with E-state index < -0.39 is 0 Å². The molecule has 84 valence electrons. The lowest BCUT2D eigenvalue weighted by Crippen LogP contribution is -2.42. The molecule has 1 saturated heterocycles. The Bertz CT molecular complexity index is 438. The van der Waals surface area contributed by atoms with Crippen LogP contribution in [0.1, 0.15) is 6.92 Å². The van der Waals surface area contributed by atoms with Crippen LogP contribution in [0.5, 0.6) is 0 Å². The van der Waals surface area contributed by atoms with Crippen molar-refractivity contribution in [2.45, 2.75) is 25.6 Å². The van der Waals surface area contributed by atoms with Crippen LogP contribution < -0.4 is 5.32 Å². The molecule has 0 saturated carbocycles. The number of rotatable bonds is 2. The average Bonchev–Trinajstić information content (AvgIpc) is 2.82. The minimum Gasteiger partial charge on any atom is -0.330 e. The Morgan fingerprint density at radius 3 is 3.25 bits per heavy atom. The van der Waals surface area contributed by atoms with Gasteiger partial charge in [-0.2, -0.15) is 0 Å². The molecular weight excluding hydrogens is 206 g/mol. The Morgan fingerprint density at radius 2 is 2.50 bits per heavy atom. The molecule has 2 aliphatic rings. The highest BCUT2D eigenvalue weighted by atomic mass is 16.2. The Balaban J connectivity index is 1.86. The maximum absolute atomic E-state index is 11.7. The minimum absolute atomic E-state index is 0.0169. The predicted molar refractivity (Wildman–Crippen MR) is 56.6 cm³/mol. The summed E-state index contributed by atoms with van der Waals surface area (Å²) in [5.74, 6) is 0. The number of nitrogens with one attached hydrogen (secondary N) is 1. The Labute approximate surface area is 92.9 Å². The highest BCUT2D eigenvalue weighted by molar-refractivity contribution is 5.79. The first-order chi connectivity index (χ1) is 7.74. The molecule has 0 spiro atoms. The van der Waals surface area contributed by atoms with Gasteiger partial charge in [-0.15, -0.1) is 5.10 Å². The molecule has 2 amide bonds. The first-order valence-corrected chi connectivity index (χ1v) is 5.33. The van der Waals surface area contributed by atoms with Crippen LogP contribution in [-0.2, 0) is 6.54 Å². The Morgan fingerprint density at radius 1 is 1.62 bits per heavy atom. The second-order valence-corrected chi connectivity index (χ2v) is 4.26. The summed E-state index contributed by atoms with van der Waals surface area (Å²) in [5, 5.41) is 10.6. The maximum Gasteiger partial charge on any atom is 0.318 e. The van der Waals surface area contributed by atoms with Crippen molar-refractivity contribution in [3.63, 3.8) is 0 Å². The number of hydrogen-bond acceptors (Lipinski definition) is 3. The monoisotopic (exact) mass is 219 g/mol. The molecular formula is C10H13N5O. The van der Waals surface area contributed by atoms with Gasteiger partial charge in [0.05, 0.1) is 24.8 Å². The van der Waals surface area contributed by atoms with E-state index in [1.807, 2.05) is 11.1 Å². The van der Waals surface area contributed by atoms with Crippen molar-refractivity contribution < 1.29 is 4.79 Å². The first kappa shape index (κ1) is 9.38. The van der Waals surface area contributed by atoms with Gasteiger partial charge in [0.25, 0.3) is 0 Å². The van der Waals surface area contributed by atoms with Crippen LogP contribution in [0, 0.1) is 0 Å². The Hall–Kier alpha value is -1.85. The van der Waals surface area contributed by atoms with Crippen molar-refractivity contribution in [2.75, 3.05) is 6.54 Å². The van der Waals surface area contributed by atoms with Crippen LogP contribution in [0.25, 0.3) is 0 Å². The summed E-state index contributed by atoms with van der Waals surface area (Å²) in [5.41, 5.74) is 1.21. The fourth-order valence-corrected chi connectivity index (χ4v) is 2.37. The van der Waals surface area contributed by atoms with Crippen LogP contribution in [-0.4, -0.2) is 44.6 Å². The molecule has 6 heteroatoms. The molecule has 1 aromatic rings. The number of aromatic nitrogens is 3. The van der Waals surface area contributed by atoms with E-state index in [9.17, 15) is 4.79 Å². The summed E-state index contributed by atoms with van der Waals surface area (Å²) in [7, 11) is 0. The van der Waals surface area contributed by atoms with Gasteiger partial charge in [0, 0.05) is 12.7 Å². The van der Waals surface area contributed by atoms with Gasteiger partial charge in [0.2, 0.25) is 0 Å². The lowest BCUT2D eigenvalue weighted by molar-refractivity contribution is 0.197. The molecule has 1 N–H and O–H groups in total. The van der Waals surface area contributed by atoms with Gasteiger partial charge in [-0.25, -0.2) is 4.79 Å². The lowest BCUT2D eigenvalue weighted by atomic mass is 10.0. The fraction of sp³-hybridized carbons (Fsp3) is 0.500. The van der Waals surface area contributed by atoms with E-state index in [-0.39, 0.29) is 18.1 Å². The fourth-order valence-electron chi connectivity index (χ4n) is 2.37. The van der Waals surface area contributed by atoms with Crippen LogP contribution in [0.3, 0.4) is 0 Å². The van der Waals surface area contributed by atoms with E-state index in [1.165, 1.54) is 5.57 Å². The molecule has 0 radical (unpaired) electrons. The summed E-state index contributed by atoms with van der Waals surface area (Å²) >= 11 is 0. The number of nitrogens with zero attached hydrogens (tertiary/aromatic N) is 4. The third kappa shape index (κ3) is 1.37. The van der Waals surface area contributed by atoms with Crippen molar-refractivity contribution in [1.82, 2.24) is 25.2 Å². The zero-order valence-corrected chi connectivity index (χ0v) is 9.00. The Kier molecular flexibility index (Phi) is 1.95. The second-order valence-electron chi connectivity index (χ2n) is 4.26. The summed E-state index contributed by atoms with van der Waals surface area (Å²) in [6.07, 6.45) is 5.59. The van der Waals surface area contributed by atoms with E-state index in [0.717, 1.165) is 6.54 Å². The highest BCUT2D eigenvalue weighted by Crippen LogP contribution is 2.23. The van der Waals surface area contributed by atoms with Crippen molar-refractivity contribution in [3.8, 4) is 0 Å². The van der Waals surface area contributed by atoms with Gasteiger partial charge >= 0.3 is 6.03 Å². The van der Waals surface area contributed by atoms with Gasteiger partial charge in [-0.3, -0.25) is 4.68 Å². The normalized spacial score (nSPS) is 27.9. The smallest absolute Gasteiger partial charge is 0.318 e. The molecule has 3 heterocycles. The molecule has 16 heavy (non-hydrogen) atoms. The summed E-state index contributed by atoms with van der Waals surface area (Å²) in [6.45, 7) is 3.49. The molecule has 1 aromatic heterocycles. The number of carbonyl (C=O) groups is 1. The van der Waals surface area contributed by atoms with Crippen LogP contribution in [0.2, 0.25) is 0 Å². The van der Waals surface area contributed by atoms with Gasteiger partial charge in [0.1, 0.15) is 0 Å². The third-order valence-corrected chi connectivity index (χ3v) is 3.16. The molecule has 2 aliphatic heterocycles. The topological polar surface area (TPSA) is 63.1 Å². The molecule has 0 aliphatic carbocycles. The standard InChI is InChI=1S/C10H13N5O/c1-7-4-8-5-15(10(16)12-8)9(7)6-14-3-2-11-13-14/h2-4,8-9H,5-6H2,1H3,(H,12,16)/t8-,9-/m1/s1. The van der Waals surface area contributed by atoms with Crippen LogP contribution >= 0.6 is 0 Å². The molecule has 2 bridgehead atoms. The average molecular weight is 219 g/mol. The van der Waals surface area contributed by atoms with E-state index in [4.69, 9.17) is 0 Å². The minimum atomic E-state index is 0.0169. The van der Waals surface area contributed by atoms with Crippen LogP contribution in [0.15, 0.2) is 24.0 Å². The molecule has 1 fully saturated rings. The first-order valence-electron chi connectivity index (χ1n) is 5.33. The quantitative estimate of drug-likeness (QED) is 0.712. The third-order valence-electron chi connectivity index (χ3n) is 3.16. The largest absolute Gasteiger partial charge is 0.330 e. The van der Waals surface area contributed by atoms with Crippen molar-refractivity contribution in [3.05, 3.63) is 24.0 Å². The lowest BCUT2D eigenvalue weighted by Gasteiger charge is -2.30. The summed E-state index contributed by atoms with van der Waals surface area (Å²) < 4.78 is 1.76. The summed E-state index contributed by atoms with van der Waals surface area (Å²) in [6, 6.07) is 0.295. The highest BCUT2D eigenvalue weighted by Gasteiger charge is 2.37. The van der Waals surface area contributed by atoms with Crippen molar-refractivity contribution in [2.24, 2.45) is 0 Å². The SMILES string of the molecule is CC1=C[C@@H]2CN(C(=O)N2)[C@@H]1Cn1ccnn1. The summed E-state index contributed by atoms with van der Waals surface area (Å²) in [4.78, 5) is 13.5. The number of urea groups is 1. The molecule has 0 unspecified atom stereocenters. The number of amides is 2. The van der Waals surface area contributed by atoms with E-state index in [1.54, 1.807) is 10.9 Å². The number of fused-ring (bicyclic) bond motifs is 2. The van der Waals surface area contributed by atoms with Gasteiger partial charge in [0.15, 0.2) is 0 Å². The number of hydrogen-bond donors (Lipinski definition) is 1. The van der Waals surface area contributed by atoms with Crippen molar-refractivity contribution >= 4 is 6.03 Å². The van der Waals surface area contributed by atoms with Crippen LogP contribution in [0.4, 0.5) is 4.79 Å². The van der Waals surface area contributed by atoms with Crippen molar-refractivity contribution in [1.29, 1.82) is 0 Å². The zero-order chi connectivity index (χ0) is 11.1. The maximum atomic E-state index is 11.7. The molecule has 6 nitrogen and oxygen atoms in total. The zero-order valence-electron chi connectivity index (χ0n) is 9.00. The van der Waals surface area contributed by atoms with E-state index in [0.29, 0.717) is 6.54 Å². The van der Waals surface area contributed by atoms with E-state index >= 15 is 0 Å². The molecule has 0 aromatic carbocycles. The molecule has 2 atom stereocenters. The predicted octanol–water partition coefficient (Wildman–Crippen LogP) is 0.000400. The van der Waals surface area contributed by atoms with Gasteiger partial charge in [-0.05, 0) is 6.92 Å². The molecule has 3 rings (SSSR count).